The molecule has 2 N–H and O–H groups in total. The normalized spacial score (nSPS) is 20.6. The summed E-state index contributed by atoms with van der Waals surface area (Å²) in [6.45, 7) is 10.4. The summed E-state index contributed by atoms with van der Waals surface area (Å²) in [5, 5.41) is 9.37. The summed E-state index contributed by atoms with van der Waals surface area (Å²) in [6.07, 6.45) is 0.278. The van der Waals surface area contributed by atoms with E-state index in [0.717, 1.165) is 5.69 Å². The maximum atomic E-state index is 13.7. The molecule has 10 heteroatoms. The lowest BCUT2D eigenvalue weighted by Crippen LogP contribution is -2.63. The summed E-state index contributed by atoms with van der Waals surface area (Å²) in [4.78, 5) is 16.9. The molecular weight excluding hydrogens is 444 g/mol. The number of amides is 1. The third-order valence-electron chi connectivity index (χ3n) is 6.96. The number of sulfonamides is 1. The fourth-order valence-corrected chi connectivity index (χ4v) is 6.78. The van der Waals surface area contributed by atoms with Gasteiger partial charge in [0, 0.05) is 58.6 Å². The number of nitrogens with one attached hydrogen (secondary N) is 1. The van der Waals surface area contributed by atoms with E-state index < -0.39 is 20.7 Å². The van der Waals surface area contributed by atoms with Crippen molar-refractivity contribution in [3.05, 3.63) is 29.8 Å². The molecule has 0 aliphatic carbocycles. The second-order valence-electron chi connectivity index (χ2n) is 9.96. The first-order valence-corrected chi connectivity index (χ1v) is 13.0. The molecule has 9 nitrogen and oxygen atoms in total. The highest BCUT2D eigenvalue weighted by molar-refractivity contribution is 7.91. The van der Waals surface area contributed by atoms with Crippen molar-refractivity contribution < 1.29 is 23.2 Å². The highest BCUT2D eigenvalue weighted by Crippen LogP contribution is 2.35. The molecule has 2 aliphatic rings. The summed E-state index contributed by atoms with van der Waals surface area (Å²) in [5.74, 6) is -0.839. The highest BCUT2D eigenvalue weighted by atomic mass is 32.2. The molecule has 0 unspecified atom stereocenters. The fraction of sp³-hybridized carbons (Fsp3) is 0.696. The molecule has 1 aromatic carbocycles. The molecule has 0 radical (unpaired) electrons. The molecule has 0 spiro atoms. The lowest BCUT2D eigenvalue weighted by molar-refractivity contribution is -0.133. The number of piperazine rings is 1. The molecule has 186 valence electrons. The van der Waals surface area contributed by atoms with Gasteiger partial charge in [-0.15, -0.1) is 0 Å². The number of hydrogen-bond donors (Lipinski definition) is 2. The fourth-order valence-electron chi connectivity index (χ4n) is 4.67. The van der Waals surface area contributed by atoms with E-state index in [9.17, 15) is 18.4 Å². The van der Waals surface area contributed by atoms with E-state index in [1.807, 2.05) is 0 Å². The third kappa shape index (κ3) is 5.35. The Labute approximate surface area is 197 Å². The number of piperidine rings is 1. The van der Waals surface area contributed by atoms with Crippen LogP contribution in [0.2, 0.25) is 0 Å². The van der Waals surface area contributed by atoms with E-state index in [1.165, 1.54) is 9.87 Å². The SMILES string of the molecule is COCCN1CCC(C(=O)NO)(S(=O)(=O)N2CCN(c3ccc(C(C)(C)C)cc3)CC2)CC1. The average Bonchev–Trinajstić information content (AvgIpc) is 2.82. The first kappa shape index (κ1) is 25.9. The Kier molecular flexibility index (Phi) is 8.06. The Bertz CT molecular complexity index is 898. The van der Waals surface area contributed by atoms with Crippen LogP contribution in [0.4, 0.5) is 5.69 Å². The zero-order valence-electron chi connectivity index (χ0n) is 20.2. The molecule has 2 saturated heterocycles. The summed E-state index contributed by atoms with van der Waals surface area (Å²) in [6, 6.07) is 8.41. The van der Waals surface area contributed by atoms with Gasteiger partial charge in [-0.2, -0.15) is 4.31 Å². The Morgan fingerprint density at radius 1 is 1.06 bits per heavy atom. The van der Waals surface area contributed by atoms with Crippen molar-refractivity contribution in [1.29, 1.82) is 0 Å². The minimum atomic E-state index is -3.96. The smallest absolute Gasteiger partial charge is 0.266 e. The van der Waals surface area contributed by atoms with Gasteiger partial charge < -0.3 is 14.5 Å². The Hall–Kier alpha value is -1.72. The van der Waals surface area contributed by atoms with Crippen molar-refractivity contribution in [1.82, 2.24) is 14.7 Å². The van der Waals surface area contributed by atoms with Crippen molar-refractivity contribution >= 4 is 21.6 Å². The van der Waals surface area contributed by atoms with E-state index in [-0.39, 0.29) is 18.3 Å². The van der Waals surface area contributed by atoms with Gasteiger partial charge in [-0.25, -0.2) is 13.9 Å². The van der Waals surface area contributed by atoms with Gasteiger partial charge in [0.05, 0.1) is 6.61 Å². The first-order chi connectivity index (χ1) is 15.5. The molecule has 3 rings (SSSR count). The quantitative estimate of drug-likeness (QED) is 0.448. The number of carbonyl (C=O) groups is 1. The number of benzene rings is 1. The van der Waals surface area contributed by atoms with Crippen molar-refractivity contribution in [3.63, 3.8) is 0 Å². The van der Waals surface area contributed by atoms with Crippen molar-refractivity contribution in [2.45, 2.75) is 43.8 Å². The lowest BCUT2D eigenvalue weighted by Gasteiger charge is -2.44. The number of hydroxylamine groups is 1. The number of carbonyl (C=O) groups excluding carboxylic acids is 1. The van der Waals surface area contributed by atoms with Crippen LogP contribution in [-0.4, -0.2) is 93.0 Å². The summed E-state index contributed by atoms with van der Waals surface area (Å²) >= 11 is 0. The number of methoxy groups -OCH3 is 1. The Morgan fingerprint density at radius 3 is 2.12 bits per heavy atom. The number of ether oxygens (including phenoxy) is 1. The van der Waals surface area contributed by atoms with E-state index in [0.29, 0.717) is 52.4 Å². The van der Waals surface area contributed by atoms with Crippen molar-refractivity contribution in [2.75, 3.05) is 64.4 Å². The highest BCUT2D eigenvalue weighted by Gasteiger charge is 2.55. The predicted molar refractivity (Wildman–Crippen MR) is 128 cm³/mol. The van der Waals surface area contributed by atoms with Gasteiger partial charge >= 0.3 is 0 Å². The summed E-state index contributed by atoms with van der Waals surface area (Å²) in [5.41, 5.74) is 4.02. The van der Waals surface area contributed by atoms with Gasteiger partial charge in [0.15, 0.2) is 4.75 Å². The van der Waals surface area contributed by atoms with Crippen LogP contribution >= 0.6 is 0 Å². The minimum Gasteiger partial charge on any atom is -0.383 e. The maximum Gasteiger partial charge on any atom is 0.266 e. The van der Waals surface area contributed by atoms with Crippen LogP contribution < -0.4 is 10.4 Å². The minimum absolute atomic E-state index is 0.0754. The van der Waals surface area contributed by atoms with Gasteiger partial charge in [-0.3, -0.25) is 10.0 Å². The molecule has 0 aromatic heterocycles. The number of likely N-dealkylation sites (tertiary alicyclic amines) is 1. The van der Waals surface area contributed by atoms with Crippen LogP contribution in [0, 0.1) is 0 Å². The topological polar surface area (TPSA) is 102 Å². The van der Waals surface area contributed by atoms with Gasteiger partial charge in [0.25, 0.3) is 5.91 Å². The molecule has 0 atom stereocenters. The molecule has 2 fully saturated rings. The lowest BCUT2D eigenvalue weighted by atomic mass is 9.87. The van der Waals surface area contributed by atoms with Crippen LogP contribution in [0.1, 0.15) is 39.2 Å². The standard InChI is InChI=1S/C23H38N4O5S/c1-22(2,3)19-5-7-20(8-6-19)26-13-15-27(16-14-26)33(30,31)23(21(28)24-29)9-11-25(12-10-23)17-18-32-4/h5-8,29H,9-18H2,1-4H3,(H,24,28). The zero-order chi connectivity index (χ0) is 24.3. The maximum absolute atomic E-state index is 13.7. The van der Waals surface area contributed by atoms with Crippen molar-refractivity contribution in [3.8, 4) is 0 Å². The number of nitrogens with zero attached hydrogens (tertiary/aromatic N) is 3. The second kappa shape index (κ2) is 10.3. The summed E-state index contributed by atoms with van der Waals surface area (Å²) in [7, 11) is -2.34. The summed E-state index contributed by atoms with van der Waals surface area (Å²) < 4.78 is 32.2. The number of anilines is 1. The second-order valence-corrected chi connectivity index (χ2v) is 12.2. The van der Waals surface area contributed by atoms with E-state index in [4.69, 9.17) is 4.74 Å². The van der Waals surface area contributed by atoms with Crippen LogP contribution in [-0.2, 0) is 25.0 Å². The van der Waals surface area contributed by atoms with E-state index >= 15 is 0 Å². The van der Waals surface area contributed by atoms with E-state index in [1.54, 1.807) is 12.6 Å². The molecule has 1 aromatic rings. The zero-order valence-corrected chi connectivity index (χ0v) is 21.0. The molecule has 2 heterocycles. The van der Waals surface area contributed by atoms with Crippen LogP contribution in [0.5, 0.6) is 0 Å². The van der Waals surface area contributed by atoms with Gasteiger partial charge in [0.1, 0.15) is 0 Å². The Balaban J connectivity index is 1.70. The van der Waals surface area contributed by atoms with Crippen LogP contribution in [0.3, 0.4) is 0 Å². The average molecular weight is 483 g/mol. The number of rotatable bonds is 7. The Morgan fingerprint density at radius 2 is 1.64 bits per heavy atom. The molecule has 0 saturated carbocycles. The van der Waals surface area contributed by atoms with E-state index in [2.05, 4.69) is 54.8 Å². The molecule has 0 bridgehead atoms. The molecule has 33 heavy (non-hydrogen) atoms. The predicted octanol–water partition coefficient (Wildman–Crippen LogP) is 1.42. The molecule has 2 aliphatic heterocycles. The third-order valence-corrected chi connectivity index (χ3v) is 9.59. The van der Waals surface area contributed by atoms with Crippen molar-refractivity contribution in [2.24, 2.45) is 0 Å². The number of hydrogen-bond acceptors (Lipinski definition) is 7. The monoisotopic (exact) mass is 482 g/mol. The first-order valence-electron chi connectivity index (χ1n) is 11.6. The van der Waals surface area contributed by atoms with Gasteiger partial charge in [-0.1, -0.05) is 32.9 Å². The molecular formula is C23H38N4O5S. The van der Waals surface area contributed by atoms with Gasteiger partial charge in [0.2, 0.25) is 10.0 Å². The van der Waals surface area contributed by atoms with Crippen LogP contribution in [0.25, 0.3) is 0 Å². The molecule has 1 amide bonds. The largest absolute Gasteiger partial charge is 0.383 e. The van der Waals surface area contributed by atoms with Crippen LogP contribution in [0.15, 0.2) is 24.3 Å². The van der Waals surface area contributed by atoms with Gasteiger partial charge in [-0.05, 0) is 36.0 Å².